The van der Waals surface area contributed by atoms with Crippen LogP contribution in [-0.2, 0) is 28.7 Å². The highest BCUT2D eigenvalue weighted by Crippen LogP contribution is 2.92. The summed E-state index contributed by atoms with van der Waals surface area (Å²) < 4.78 is 10.2. The SMILES string of the molecule is CCOC(=O)C12C3C(=O)C(I)C4C3C3C(C(=O)C(I)C31)C42C(=O)OCC. The van der Waals surface area contributed by atoms with Gasteiger partial charge >= 0.3 is 11.9 Å². The third-order valence-electron chi connectivity index (χ3n) is 7.77. The molecule has 6 fully saturated rings. The summed E-state index contributed by atoms with van der Waals surface area (Å²) in [5.74, 6) is -2.56. The maximum Gasteiger partial charge on any atom is 0.314 e. The van der Waals surface area contributed by atoms with Gasteiger partial charge in [-0.15, -0.1) is 0 Å². The van der Waals surface area contributed by atoms with Gasteiger partial charge in [-0.2, -0.15) is 0 Å². The number of rotatable bonds is 4. The van der Waals surface area contributed by atoms with Gasteiger partial charge in [-0.25, -0.2) is 0 Å². The van der Waals surface area contributed by atoms with Crippen molar-refractivity contribution in [3.8, 4) is 0 Å². The Morgan fingerprint density at radius 3 is 1.50 bits per heavy atom. The van der Waals surface area contributed by atoms with Crippen LogP contribution in [0.3, 0.4) is 0 Å². The van der Waals surface area contributed by atoms with E-state index in [9.17, 15) is 19.2 Å². The molecule has 0 amide bonds. The number of carbonyl (C=O) groups is 4. The van der Waals surface area contributed by atoms with Gasteiger partial charge in [0.1, 0.15) is 0 Å². The highest BCUT2D eigenvalue weighted by atomic mass is 127. The summed E-state index contributed by atoms with van der Waals surface area (Å²) in [6.45, 7) is 3.82. The number of ether oxygens (including phenoxy) is 2. The van der Waals surface area contributed by atoms with E-state index < -0.39 is 34.6 Å². The average Bonchev–Trinajstić information content (AvgIpc) is 3.34. The van der Waals surface area contributed by atoms with Crippen molar-refractivity contribution in [1.82, 2.24) is 0 Å². The number of carbonyl (C=O) groups excluding carboxylic acids is 4. The molecule has 6 rings (SSSR count). The second-order valence-corrected chi connectivity index (χ2v) is 10.6. The van der Waals surface area contributed by atoms with Crippen LogP contribution in [0.1, 0.15) is 13.8 Å². The molecule has 10 unspecified atom stereocenters. The van der Waals surface area contributed by atoms with Crippen molar-refractivity contribution in [1.29, 1.82) is 0 Å². The monoisotopic (exact) mass is 584 g/mol. The zero-order valence-electron chi connectivity index (χ0n) is 14.2. The maximum absolute atomic E-state index is 13.4. The first-order valence-corrected chi connectivity index (χ1v) is 11.5. The minimum Gasteiger partial charge on any atom is -0.466 e. The van der Waals surface area contributed by atoms with E-state index in [-0.39, 0.29) is 56.3 Å². The van der Waals surface area contributed by atoms with Crippen LogP contribution >= 0.6 is 45.2 Å². The molecule has 0 N–H and O–H groups in total. The summed E-state index contributed by atoms with van der Waals surface area (Å²) in [4.78, 5) is 52.8. The van der Waals surface area contributed by atoms with Crippen LogP contribution in [-0.4, -0.2) is 44.6 Å². The van der Waals surface area contributed by atoms with Crippen LogP contribution in [0.25, 0.3) is 0 Å². The van der Waals surface area contributed by atoms with Crippen molar-refractivity contribution < 1.29 is 28.7 Å². The van der Waals surface area contributed by atoms with Gasteiger partial charge in [0.25, 0.3) is 0 Å². The Morgan fingerprint density at radius 1 is 0.846 bits per heavy atom. The fourth-order valence-electron chi connectivity index (χ4n) is 7.77. The molecule has 10 atom stereocenters. The largest absolute Gasteiger partial charge is 0.466 e. The molecule has 0 heterocycles. The van der Waals surface area contributed by atoms with Crippen molar-refractivity contribution in [2.24, 2.45) is 46.3 Å². The van der Waals surface area contributed by atoms with Crippen LogP contribution < -0.4 is 0 Å². The Morgan fingerprint density at radius 2 is 1.19 bits per heavy atom. The average molecular weight is 584 g/mol. The fourth-order valence-corrected chi connectivity index (χ4v) is 10.6. The predicted molar refractivity (Wildman–Crippen MR) is 105 cm³/mol. The van der Waals surface area contributed by atoms with E-state index in [0.717, 1.165) is 0 Å². The molecule has 0 aromatic rings. The van der Waals surface area contributed by atoms with E-state index >= 15 is 0 Å². The lowest BCUT2D eigenvalue weighted by molar-refractivity contribution is -0.195. The molecule has 26 heavy (non-hydrogen) atoms. The van der Waals surface area contributed by atoms with Crippen LogP contribution in [0.15, 0.2) is 0 Å². The minimum absolute atomic E-state index is 0.0532. The molecule has 0 aromatic heterocycles. The van der Waals surface area contributed by atoms with E-state index in [1.165, 1.54) is 0 Å². The van der Waals surface area contributed by atoms with Crippen molar-refractivity contribution in [2.75, 3.05) is 13.2 Å². The van der Waals surface area contributed by atoms with Gasteiger partial charge in [-0.1, -0.05) is 45.2 Å². The zero-order valence-corrected chi connectivity index (χ0v) is 18.6. The molecule has 0 aliphatic heterocycles. The van der Waals surface area contributed by atoms with Crippen molar-refractivity contribution in [3.05, 3.63) is 0 Å². The first kappa shape index (κ1) is 17.8. The molecule has 0 aromatic carbocycles. The van der Waals surface area contributed by atoms with Gasteiger partial charge in [-0.3, -0.25) is 19.2 Å². The first-order chi connectivity index (χ1) is 12.3. The molecule has 0 saturated heterocycles. The number of esters is 2. The molecular formula is C18H18I2O6. The Bertz CT molecular complexity index is 718. The summed E-state index contributed by atoms with van der Waals surface area (Å²) in [5.41, 5.74) is -2.42. The van der Waals surface area contributed by atoms with Gasteiger partial charge in [0.2, 0.25) is 0 Å². The smallest absolute Gasteiger partial charge is 0.314 e. The minimum atomic E-state index is -1.21. The lowest BCUT2D eigenvalue weighted by Crippen LogP contribution is -2.67. The number of ketones is 2. The summed E-state index contributed by atoms with van der Waals surface area (Å²) in [6, 6.07) is 0. The molecule has 6 aliphatic carbocycles. The maximum atomic E-state index is 13.4. The topological polar surface area (TPSA) is 86.7 Å². The molecule has 0 radical (unpaired) electrons. The molecule has 8 bridgehead atoms. The predicted octanol–water partition coefficient (Wildman–Crippen LogP) is 1.60. The zero-order chi connectivity index (χ0) is 18.8. The lowest BCUT2D eigenvalue weighted by Gasteiger charge is -2.52. The quantitative estimate of drug-likeness (QED) is 0.284. The summed E-state index contributed by atoms with van der Waals surface area (Å²) in [6.07, 6.45) is 0. The van der Waals surface area contributed by atoms with E-state index in [0.29, 0.717) is 0 Å². The van der Waals surface area contributed by atoms with Gasteiger partial charge in [-0.05, 0) is 37.5 Å². The lowest BCUT2D eigenvalue weighted by atomic mass is 9.49. The Balaban J connectivity index is 1.81. The molecule has 6 saturated carbocycles. The van der Waals surface area contributed by atoms with E-state index in [1.807, 2.05) is 0 Å². The standard InChI is InChI=1S/C18H18I2O6/c1-3-25-15(23)17-7-5-6-8(12(20)13(21)9(6)17)18(17,16(24)26-4-2)10(5)14(22)11(7)19/h5-12H,3-4H2,1-2H3. The number of alkyl halides is 2. The van der Waals surface area contributed by atoms with Crippen LogP contribution in [0, 0.1) is 46.3 Å². The van der Waals surface area contributed by atoms with Crippen LogP contribution in [0.4, 0.5) is 0 Å². The second kappa shape index (κ2) is 5.21. The Kier molecular flexibility index (Phi) is 3.57. The Labute approximate surface area is 177 Å². The second-order valence-electron chi connectivity index (χ2n) is 7.95. The van der Waals surface area contributed by atoms with E-state index in [1.54, 1.807) is 13.8 Å². The third-order valence-corrected chi connectivity index (χ3v) is 10.6. The number of halogens is 2. The van der Waals surface area contributed by atoms with E-state index in [4.69, 9.17) is 9.47 Å². The van der Waals surface area contributed by atoms with Crippen LogP contribution in [0.5, 0.6) is 0 Å². The summed E-state index contributed by atoms with van der Waals surface area (Å²) in [5, 5.41) is 0. The Hall–Kier alpha value is -0.260. The third kappa shape index (κ3) is 1.37. The molecule has 6 aliphatic rings. The first-order valence-electron chi connectivity index (χ1n) is 9.05. The normalized spacial score (nSPS) is 54.5. The van der Waals surface area contributed by atoms with Gasteiger partial charge in [0, 0.05) is 11.8 Å². The fraction of sp³-hybridized carbons (Fsp3) is 0.778. The highest BCUT2D eigenvalue weighted by Gasteiger charge is 3.01. The van der Waals surface area contributed by atoms with Gasteiger partial charge in [0.05, 0.1) is 31.9 Å². The molecule has 140 valence electrons. The molecular weight excluding hydrogens is 566 g/mol. The van der Waals surface area contributed by atoms with Gasteiger partial charge in [0.15, 0.2) is 11.6 Å². The molecule has 6 nitrogen and oxygen atoms in total. The summed E-state index contributed by atoms with van der Waals surface area (Å²) >= 11 is 4.21. The number of hydrogen-bond donors (Lipinski definition) is 0. The van der Waals surface area contributed by atoms with Crippen molar-refractivity contribution in [2.45, 2.75) is 21.7 Å². The highest BCUT2D eigenvalue weighted by molar-refractivity contribution is 14.1. The van der Waals surface area contributed by atoms with Crippen LogP contribution in [0.2, 0.25) is 0 Å². The summed E-state index contributed by atoms with van der Waals surface area (Å²) in [7, 11) is 0. The molecule has 0 spiro atoms. The number of Topliss-reactive ketones (excluding diaryl/α,β-unsaturated/α-hetero) is 2. The van der Waals surface area contributed by atoms with Gasteiger partial charge < -0.3 is 9.47 Å². The van der Waals surface area contributed by atoms with Crippen molar-refractivity contribution in [3.63, 3.8) is 0 Å². The van der Waals surface area contributed by atoms with Crippen molar-refractivity contribution >= 4 is 68.7 Å². The molecule has 8 heteroatoms. The number of hydrogen-bond acceptors (Lipinski definition) is 6. The van der Waals surface area contributed by atoms with E-state index in [2.05, 4.69) is 45.2 Å².